The third-order valence-electron chi connectivity index (χ3n) is 4.17. The first-order chi connectivity index (χ1) is 10.7. The minimum absolute atomic E-state index is 0.118. The molecule has 2 nitrogen and oxygen atoms in total. The van der Waals surface area contributed by atoms with Gasteiger partial charge in [0.05, 0.1) is 6.04 Å². The molecule has 1 heterocycles. The Hall–Kier alpha value is -1.61. The van der Waals surface area contributed by atoms with Crippen molar-refractivity contribution in [3.05, 3.63) is 58.3 Å². The largest absolute Gasteiger partial charge is 0.349 e. The van der Waals surface area contributed by atoms with Crippen molar-refractivity contribution in [2.24, 2.45) is 5.92 Å². The van der Waals surface area contributed by atoms with Crippen LogP contribution in [-0.4, -0.2) is 5.91 Å². The van der Waals surface area contributed by atoms with E-state index >= 15 is 0 Å². The number of carbonyl (C=O) groups excluding carboxylic acids is 1. The summed E-state index contributed by atoms with van der Waals surface area (Å²) in [5, 5.41) is 5.32. The maximum Gasteiger partial charge on any atom is 0.220 e. The summed E-state index contributed by atoms with van der Waals surface area (Å²) in [6.07, 6.45) is 3.53. The Bertz CT molecular complexity index is 546. The maximum absolute atomic E-state index is 12.4. The van der Waals surface area contributed by atoms with E-state index in [9.17, 15) is 4.79 Å². The van der Waals surface area contributed by atoms with Gasteiger partial charge in [0.15, 0.2) is 0 Å². The van der Waals surface area contributed by atoms with Crippen molar-refractivity contribution in [3.63, 3.8) is 0 Å². The van der Waals surface area contributed by atoms with Crippen molar-refractivity contribution in [2.45, 2.75) is 45.6 Å². The molecule has 1 aromatic carbocycles. The van der Waals surface area contributed by atoms with Crippen LogP contribution >= 0.6 is 11.3 Å². The zero-order chi connectivity index (χ0) is 15.8. The topological polar surface area (TPSA) is 29.1 Å². The van der Waals surface area contributed by atoms with Gasteiger partial charge in [-0.05, 0) is 29.3 Å². The lowest BCUT2D eigenvalue weighted by Crippen LogP contribution is -2.33. The van der Waals surface area contributed by atoms with Crippen LogP contribution in [-0.2, 0) is 11.2 Å². The van der Waals surface area contributed by atoms with Gasteiger partial charge in [-0.3, -0.25) is 4.79 Å². The molecule has 0 bridgehead atoms. The van der Waals surface area contributed by atoms with Gasteiger partial charge in [-0.15, -0.1) is 11.3 Å². The second-order valence-electron chi connectivity index (χ2n) is 5.61. The van der Waals surface area contributed by atoms with E-state index in [0.717, 1.165) is 19.3 Å². The zero-order valence-corrected chi connectivity index (χ0v) is 14.2. The first kappa shape index (κ1) is 16.8. The van der Waals surface area contributed by atoms with Crippen LogP contribution < -0.4 is 5.32 Å². The van der Waals surface area contributed by atoms with Crippen molar-refractivity contribution in [3.8, 4) is 0 Å². The Morgan fingerprint density at radius 3 is 2.41 bits per heavy atom. The first-order valence-corrected chi connectivity index (χ1v) is 8.99. The Balaban J connectivity index is 2.01. The van der Waals surface area contributed by atoms with Gasteiger partial charge in [-0.2, -0.15) is 0 Å². The lowest BCUT2D eigenvalue weighted by molar-refractivity contribution is -0.122. The normalized spacial score (nSPS) is 12.3. The van der Waals surface area contributed by atoms with E-state index in [1.807, 2.05) is 24.3 Å². The summed E-state index contributed by atoms with van der Waals surface area (Å²) in [7, 11) is 0. The van der Waals surface area contributed by atoms with Crippen LogP contribution in [0.1, 0.15) is 49.6 Å². The highest BCUT2D eigenvalue weighted by Gasteiger charge is 2.22. The number of rotatable bonds is 8. The fourth-order valence-corrected chi connectivity index (χ4v) is 3.54. The van der Waals surface area contributed by atoms with Gasteiger partial charge in [0.1, 0.15) is 0 Å². The molecule has 1 aromatic heterocycles. The van der Waals surface area contributed by atoms with Crippen molar-refractivity contribution in [1.29, 1.82) is 0 Å². The van der Waals surface area contributed by atoms with Gasteiger partial charge in [0.2, 0.25) is 5.91 Å². The Labute approximate surface area is 137 Å². The second-order valence-corrected chi connectivity index (χ2v) is 6.64. The number of amides is 1. The highest BCUT2D eigenvalue weighted by atomic mass is 32.1. The molecule has 0 fully saturated rings. The quantitative estimate of drug-likeness (QED) is 0.732. The summed E-state index contributed by atoms with van der Waals surface area (Å²) >= 11 is 1.72. The van der Waals surface area contributed by atoms with Crippen molar-refractivity contribution >= 4 is 17.2 Å². The number of thiophene rings is 1. The average molecular weight is 315 g/mol. The summed E-state index contributed by atoms with van der Waals surface area (Å²) < 4.78 is 0. The van der Waals surface area contributed by atoms with E-state index in [4.69, 9.17) is 0 Å². The average Bonchev–Trinajstić information content (AvgIpc) is 3.07. The minimum atomic E-state index is 0.118. The van der Waals surface area contributed by atoms with Crippen molar-refractivity contribution < 1.29 is 4.79 Å². The molecule has 3 heteroatoms. The van der Waals surface area contributed by atoms with E-state index < -0.39 is 0 Å². The van der Waals surface area contributed by atoms with E-state index in [1.165, 1.54) is 10.4 Å². The van der Waals surface area contributed by atoms with E-state index in [-0.39, 0.29) is 11.9 Å². The highest BCUT2D eigenvalue weighted by Crippen LogP contribution is 2.27. The second kappa shape index (κ2) is 8.74. The summed E-state index contributed by atoms with van der Waals surface area (Å²) in [5.41, 5.74) is 1.21. The number of benzene rings is 1. The molecular weight excluding hydrogens is 290 g/mol. The molecule has 1 N–H and O–H groups in total. The molecule has 0 aliphatic rings. The monoisotopic (exact) mass is 315 g/mol. The maximum atomic E-state index is 12.4. The van der Waals surface area contributed by atoms with Crippen LogP contribution in [0.3, 0.4) is 0 Å². The third-order valence-corrected chi connectivity index (χ3v) is 5.11. The Morgan fingerprint density at radius 1 is 1.09 bits per heavy atom. The van der Waals surface area contributed by atoms with Gasteiger partial charge in [0.25, 0.3) is 0 Å². The van der Waals surface area contributed by atoms with Crippen molar-refractivity contribution in [1.82, 2.24) is 5.32 Å². The van der Waals surface area contributed by atoms with Gasteiger partial charge in [-0.1, -0.05) is 63.1 Å². The standard InChI is InChI=1S/C19H25NOS/c1-3-15(4-2)19(16-9-6-5-7-10-16)20-18(21)13-12-17-11-8-14-22-17/h5-11,14-15,19H,3-4,12-13H2,1-2H3,(H,20,21). The Kier molecular flexibility index (Phi) is 6.66. The van der Waals surface area contributed by atoms with Crippen LogP contribution in [0, 0.1) is 5.92 Å². The van der Waals surface area contributed by atoms with Gasteiger partial charge in [-0.25, -0.2) is 0 Å². The first-order valence-electron chi connectivity index (χ1n) is 8.11. The smallest absolute Gasteiger partial charge is 0.220 e. The third kappa shape index (κ3) is 4.70. The number of nitrogens with one attached hydrogen (secondary N) is 1. The molecule has 0 spiro atoms. The summed E-state index contributed by atoms with van der Waals surface area (Å²) in [5.74, 6) is 0.627. The number of hydrogen-bond acceptors (Lipinski definition) is 2. The van der Waals surface area contributed by atoms with Crippen LogP contribution in [0.5, 0.6) is 0 Å². The van der Waals surface area contributed by atoms with Crippen LogP contribution in [0.25, 0.3) is 0 Å². The molecule has 0 saturated carbocycles. The van der Waals surface area contributed by atoms with Gasteiger partial charge >= 0.3 is 0 Å². The van der Waals surface area contributed by atoms with Crippen LogP contribution in [0.4, 0.5) is 0 Å². The molecule has 1 unspecified atom stereocenters. The van der Waals surface area contributed by atoms with Gasteiger partial charge < -0.3 is 5.32 Å². The molecule has 0 aliphatic carbocycles. The lowest BCUT2D eigenvalue weighted by Gasteiger charge is -2.27. The number of hydrogen-bond donors (Lipinski definition) is 1. The van der Waals surface area contributed by atoms with E-state index in [0.29, 0.717) is 12.3 Å². The van der Waals surface area contributed by atoms with Crippen molar-refractivity contribution in [2.75, 3.05) is 0 Å². The lowest BCUT2D eigenvalue weighted by atomic mass is 9.88. The minimum Gasteiger partial charge on any atom is -0.349 e. The predicted molar refractivity (Wildman–Crippen MR) is 94.0 cm³/mol. The summed E-state index contributed by atoms with van der Waals surface area (Å²) in [6.45, 7) is 4.39. The fraction of sp³-hybridized carbons (Fsp3) is 0.421. The zero-order valence-electron chi connectivity index (χ0n) is 13.4. The molecule has 1 amide bonds. The molecule has 22 heavy (non-hydrogen) atoms. The molecule has 2 rings (SSSR count). The molecule has 0 aliphatic heterocycles. The highest BCUT2D eigenvalue weighted by molar-refractivity contribution is 7.09. The SMILES string of the molecule is CCC(CC)C(NC(=O)CCc1cccs1)c1ccccc1. The molecule has 0 radical (unpaired) electrons. The van der Waals surface area contributed by atoms with Crippen LogP contribution in [0.2, 0.25) is 0 Å². The predicted octanol–water partition coefficient (Wildman–Crippen LogP) is 4.97. The molecule has 2 aromatic rings. The van der Waals surface area contributed by atoms with Crippen LogP contribution in [0.15, 0.2) is 47.8 Å². The Morgan fingerprint density at radius 2 is 1.82 bits per heavy atom. The molecular formula is C19H25NOS. The number of aryl methyl sites for hydroxylation is 1. The van der Waals surface area contributed by atoms with E-state index in [2.05, 4.69) is 42.7 Å². The summed E-state index contributed by atoms with van der Waals surface area (Å²) in [6, 6.07) is 14.6. The fourth-order valence-electron chi connectivity index (χ4n) is 2.83. The van der Waals surface area contributed by atoms with Gasteiger partial charge in [0, 0.05) is 11.3 Å². The summed E-state index contributed by atoms with van der Waals surface area (Å²) in [4.78, 5) is 13.6. The molecule has 118 valence electrons. The molecule has 1 atom stereocenters. The number of carbonyl (C=O) groups is 1. The van der Waals surface area contributed by atoms with E-state index in [1.54, 1.807) is 11.3 Å². The molecule has 0 saturated heterocycles.